The number of rotatable bonds is 8. The summed E-state index contributed by atoms with van der Waals surface area (Å²) in [5.41, 5.74) is 0.404. The fourth-order valence-electron chi connectivity index (χ4n) is 1.82. The Hall–Kier alpha value is -1.95. The second kappa shape index (κ2) is 8.27. The van der Waals surface area contributed by atoms with Crippen LogP contribution in [0.15, 0.2) is 24.3 Å². The second-order valence-electron chi connectivity index (χ2n) is 4.47. The molecule has 0 aliphatic carbocycles. The summed E-state index contributed by atoms with van der Waals surface area (Å²) in [7, 11) is 0. The van der Waals surface area contributed by atoms with Gasteiger partial charge in [0, 0.05) is 12.1 Å². The molecule has 0 radical (unpaired) electrons. The van der Waals surface area contributed by atoms with Gasteiger partial charge < -0.3 is 10.4 Å². The number of benzene rings is 1. The van der Waals surface area contributed by atoms with E-state index in [9.17, 15) is 14.0 Å². The van der Waals surface area contributed by atoms with Gasteiger partial charge in [-0.2, -0.15) is 0 Å². The lowest BCUT2D eigenvalue weighted by molar-refractivity contribution is -0.138. The van der Waals surface area contributed by atoms with E-state index < -0.39 is 5.97 Å². The van der Waals surface area contributed by atoms with E-state index in [1.54, 1.807) is 23.1 Å². The summed E-state index contributed by atoms with van der Waals surface area (Å²) >= 11 is 0. The van der Waals surface area contributed by atoms with E-state index in [0.29, 0.717) is 12.1 Å². The summed E-state index contributed by atoms with van der Waals surface area (Å²) in [5, 5.41) is 11.3. The summed E-state index contributed by atoms with van der Waals surface area (Å²) in [6.07, 6.45) is 0.758. The van der Waals surface area contributed by atoms with Crippen LogP contribution in [0.4, 0.5) is 4.39 Å². The van der Waals surface area contributed by atoms with Crippen molar-refractivity contribution >= 4 is 11.9 Å². The van der Waals surface area contributed by atoms with E-state index in [-0.39, 0.29) is 31.4 Å². The van der Waals surface area contributed by atoms with Crippen LogP contribution in [-0.2, 0) is 16.1 Å². The van der Waals surface area contributed by atoms with Gasteiger partial charge in [-0.05, 0) is 19.0 Å². The molecular weight excluding hydrogens is 263 g/mol. The number of aliphatic carboxylic acids is 1. The average Bonchev–Trinajstić information content (AvgIpc) is 2.37. The van der Waals surface area contributed by atoms with Crippen molar-refractivity contribution in [3.05, 3.63) is 35.6 Å². The summed E-state index contributed by atoms with van der Waals surface area (Å²) in [5.74, 6) is -1.66. The van der Waals surface area contributed by atoms with Crippen molar-refractivity contribution in [2.24, 2.45) is 0 Å². The molecule has 1 rings (SSSR count). The zero-order valence-electron chi connectivity index (χ0n) is 11.4. The molecule has 0 spiro atoms. The molecule has 0 heterocycles. The molecule has 110 valence electrons. The Bertz CT molecular complexity index is 465. The van der Waals surface area contributed by atoms with Crippen molar-refractivity contribution in [1.29, 1.82) is 0 Å². The van der Waals surface area contributed by atoms with E-state index in [4.69, 9.17) is 5.11 Å². The molecule has 0 fully saturated rings. The van der Waals surface area contributed by atoms with E-state index in [1.807, 2.05) is 6.92 Å². The first-order valence-electron chi connectivity index (χ1n) is 6.47. The van der Waals surface area contributed by atoms with Crippen LogP contribution in [0.25, 0.3) is 0 Å². The normalized spacial score (nSPS) is 10.6. The quantitative estimate of drug-likeness (QED) is 0.752. The van der Waals surface area contributed by atoms with Crippen LogP contribution >= 0.6 is 0 Å². The molecule has 5 nitrogen and oxygen atoms in total. The maximum Gasteiger partial charge on any atom is 0.317 e. The lowest BCUT2D eigenvalue weighted by Gasteiger charge is -2.18. The zero-order chi connectivity index (χ0) is 15.0. The number of nitrogens with zero attached hydrogens (tertiary/aromatic N) is 1. The number of hydrogen-bond donors (Lipinski definition) is 2. The highest BCUT2D eigenvalue weighted by molar-refractivity contribution is 5.79. The van der Waals surface area contributed by atoms with Gasteiger partial charge in [-0.3, -0.25) is 14.5 Å². The van der Waals surface area contributed by atoms with E-state index in [0.717, 1.165) is 6.42 Å². The van der Waals surface area contributed by atoms with Crippen LogP contribution < -0.4 is 5.32 Å². The molecule has 0 saturated carbocycles. The van der Waals surface area contributed by atoms with Gasteiger partial charge in [0.05, 0.1) is 13.1 Å². The third-order valence-corrected chi connectivity index (χ3v) is 2.70. The Morgan fingerprint density at radius 3 is 2.60 bits per heavy atom. The molecular formula is C14H19FN2O3. The number of carboxylic acid groups (broad SMARTS) is 1. The van der Waals surface area contributed by atoms with Gasteiger partial charge in [0.15, 0.2) is 0 Å². The number of halogens is 1. The molecule has 2 N–H and O–H groups in total. The average molecular weight is 282 g/mol. The van der Waals surface area contributed by atoms with Crippen LogP contribution in [0.3, 0.4) is 0 Å². The largest absolute Gasteiger partial charge is 0.480 e. The van der Waals surface area contributed by atoms with Crippen molar-refractivity contribution in [2.45, 2.75) is 19.9 Å². The van der Waals surface area contributed by atoms with Crippen LogP contribution in [0, 0.1) is 5.82 Å². The zero-order valence-corrected chi connectivity index (χ0v) is 11.4. The molecule has 0 unspecified atom stereocenters. The van der Waals surface area contributed by atoms with Crippen LogP contribution in [0.1, 0.15) is 18.9 Å². The Labute approximate surface area is 117 Å². The number of carboxylic acids is 1. The SMILES string of the molecule is CCCN(CC(=O)O)CC(=O)NCc1ccccc1F. The monoisotopic (exact) mass is 282 g/mol. The van der Waals surface area contributed by atoms with Crippen molar-refractivity contribution < 1.29 is 19.1 Å². The van der Waals surface area contributed by atoms with E-state index in [1.165, 1.54) is 6.07 Å². The molecule has 6 heteroatoms. The third kappa shape index (κ3) is 5.79. The standard InChI is InChI=1S/C14H19FN2O3/c1-2-7-17(10-14(19)20)9-13(18)16-8-11-5-3-4-6-12(11)15/h3-6H,2,7-10H2,1H3,(H,16,18)(H,19,20). The summed E-state index contributed by atoms with van der Waals surface area (Å²) in [4.78, 5) is 23.9. The van der Waals surface area contributed by atoms with Crippen molar-refractivity contribution in [3.8, 4) is 0 Å². The smallest absolute Gasteiger partial charge is 0.317 e. The predicted octanol–water partition coefficient (Wildman–Crippen LogP) is 1.24. The molecule has 0 bridgehead atoms. The van der Waals surface area contributed by atoms with Crippen LogP contribution in [0.2, 0.25) is 0 Å². The molecule has 0 aliphatic heterocycles. The fraction of sp³-hybridized carbons (Fsp3) is 0.429. The summed E-state index contributed by atoms with van der Waals surface area (Å²) < 4.78 is 13.4. The number of nitrogens with one attached hydrogen (secondary N) is 1. The summed E-state index contributed by atoms with van der Waals surface area (Å²) in [6, 6.07) is 6.20. The third-order valence-electron chi connectivity index (χ3n) is 2.70. The number of hydrogen-bond acceptors (Lipinski definition) is 3. The minimum absolute atomic E-state index is 0.00536. The van der Waals surface area contributed by atoms with E-state index >= 15 is 0 Å². The van der Waals surface area contributed by atoms with Gasteiger partial charge in [-0.1, -0.05) is 25.1 Å². The lowest BCUT2D eigenvalue weighted by atomic mass is 10.2. The Balaban J connectivity index is 2.45. The van der Waals surface area contributed by atoms with Gasteiger partial charge in [0.1, 0.15) is 5.82 Å². The molecule has 0 atom stereocenters. The molecule has 0 aromatic heterocycles. The number of carbonyl (C=O) groups excluding carboxylic acids is 1. The molecule has 1 amide bonds. The van der Waals surface area contributed by atoms with Crippen molar-refractivity contribution in [3.63, 3.8) is 0 Å². The lowest BCUT2D eigenvalue weighted by Crippen LogP contribution is -2.40. The van der Waals surface area contributed by atoms with Gasteiger partial charge in [-0.15, -0.1) is 0 Å². The maximum absolute atomic E-state index is 13.4. The van der Waals surface area contributed by atoms with Crippen molar-refractivity contribution in [1.82, 2.24) is 10.2 Å². The first kappa shape index (κ1) is 16.1. The summed E-state index contributed by atoms with van der Waals surface area (Å²) in [6.45, 7) is 2.35. The van der Waals surface area contributed by atoms with Crippen LogP contribution in [-0.4, -0.2) is 41.5 Å². The minimum atomic E-state index is -0.972. The number of carbonyl (C=O) groups is 2. The van der Waals surface area contributed by atoms with Gasteiger partial charge in [-0.25, -0.2) is 4.39 Å². The Kier molecular flexibility index (Phi) is 6.66. The predicted molar refractivity (Wildman–Crippen MR) is 72.6 cm³/mol. The first-order chi connectivity index (χ1) is 9.52. The van der Waals surface area contributed by atoms with Crippen molar-refractivity contribution in [2.75, 3.05) is 19.6 Å². The molecule has 0 saturated heterocycles. The topological polar surface area (TPSA) is 69.6 Å². The molecule has 0 aliphatic rings. The number of amides is 1. The first-order valence-corrected chi connectivity index (χ1v) is 6.47. The van der Waals surface area contributed by atoms with Crippen LogP contribution in [0.5, 0.6) is 0 Å². The van der Waals surface area contributed by atoms with E-state index in [2.05, 4.69) is 5.32 Å². The van der Waals surface area contributed by atoms with Gasteiger partial charge >= 0.3 is 5.97 Å². The highest BCUT2D eigenvalue weighted by Crippen LogP contribution is 2.05. The molecule has 1 aromatic rings. The van der Waals surface area contributed by atoms with Gasteiger partial charge in [0.2, 0.25) is 5.91 Å². The highest BCUT2D eigenvalue weighted by atomic mass is 19.1. The Morgan fingerprint density at radius 2 is 2.00 bits per heavy atom. The highest BCUT2D eigenvalue weighted by Gasteiger charge is 2.13. The maximum atomic E-state index is 13.4. The van der Waals surface area contributed by atoms with Gasteiger partial charge in [0.25, 0.3) is 0 Å². The Morgan fingerprint density at radius 1 is 1.30 bits per heavy atom. The second-order valence-corrected chi connectivity index (χ2v) is 4.47. The molecule has 1 aromatic carbocycles. The fourth-order valence-corrected chi connectivity index (χ4v) is 1.82. The minimum Gasteiger partial charge on any atom is -0.480 e. The molecule has 20 heavy (non-hydrogen) atoms.